The molecule has 2 atom stereocenters. The molecule has 20 heavy (non-hydrogen) atoms. The van der Waals surface area contributed by atoms with E-state index in [0.717, 1.165) is 23.3 Å². The van der Waals surface area contributed by atoms with Crippen LogP contribution in [-0.2, 0) is 10.6 Å². The van der Waals surface area contributed by atoms with Crippen LogP contribution in [0, 0.1) is 5.41 Å². The first kappa shape index (κ1) is 14.2. The molecule has 5 heteroatoms. The lowest BCUT2D eigenvalue weighted by Crippen LogP contribution is -2.51. The van der Waals surface area contributed by atoms with Crippen molar-refractivity contribution in [3.63, 3.8) is 0 Å². The van der Waals surface area contributed by atoms with E-state index in [2.05, 4.69) is 29.5 Å². The molecule has 3 nitrogen and oxygen atoms in total. The summed E-state index contributed by atoms with van der Waals surface area (Å²) >= 11 is 12.3. The smallest absolute Gasteiger partial charge is 0.125 e. The number of fused-ring (bicyclic) bond motifs is 1. The summed E-state index contributed by atoms with van der Waals surface area (Å²) < 4.78 is 7.79. The van der Waals surface area contributed by atoms with Crippen molar-refractivity contribution in [2.24, 2.45) is 5.41 Å². The van der Waals surface area contributed by atoms with Gasteiger partial charge in [-0.15, -0.1) is 11.6 Å². The molecule has 0 bridgehead atoms. The predicted octanol–water partition coefficient (Wildman–Crippen LogP) is 4.41. The molecule has 1 fully saturated rings. The molecular formula is C15H18Cl2N2O. The van der Waals surface area contributed by atoms with Crippen LogP contribution in [0.1, 0.15) is 32.1 Å². The van der Waals surface area contributed by atoms with Crippen molar-refractivity contribution in [3.8, 4) is 0 Å². The lowest BCUT2D eigenvalue weighted by atomic mass is 9.64. The molecule has 1 saturated carbocycles. The summed E-state index contributed by atoms with van der Waals surface area (Å²) in [5.74, 6) is 1.26. The standard InChI is InChI=1S/C15H18Cl2N2O/c1-15(2)11(7-12(15)20-3)19-10-6-4-5-9(17)14(10)18-13(19)8-16/h4-6,11-12H,7-8H2,1-3H3. The Morgan fingerprint density at radius 1 is 1.45 bits per heavy atom. The van der Waals surface area contributed by atoms with Crippen molar-refractivity contribution in [1.82, 2.24) is 9.55 Å². The second-order valence-corrected chi connectivity index (χ2v) is 6.61. The van der Waals surface area contributed by atoms with E-state index < -0.39 is 0 Å². The van der Waals surface area contributed by atoms with E-state index in [1.807, 2.05) is 12.1 Å². The molecule has 1 aromatic heterocycles. The predicted molar refractivity (Wildman–Crippen MR) is 82.5 cm³/mol. The third kappa shape index (κ3) is 1.87. The monoisotopic (exact) mass is 312 g/mol. The fourth-order valence-corrected chi connectivity index (χ4v) is 3.68. The second-order valence-electron chi connectivity index (χ2n) is 5.94. The Morgan fingerprint density at radius 3 is 2.80 bits per heavy atom. The fourth-order valence-electron chi connectivity index (χ4n) is 3.28. The maximum absolute atomic E-state index is 6.25. The Hall–Kier alpha value is -0.770. The average Bonchev–Trinajstić information content (AvgIpc) is 2.78. The Labute approximate surface area is 128 Å². The van der Waals surface area contributed by atoms with Crippen LogP contribution >= 0.6 is 23.2 Å². The third-order valence-corrected chi connectivity index (χ3v) is 5.13. The minimum Gasteiger partial charge on any atom is -0.381 e. The van der Waals surface area contributed by atoms with Crippen LogP contribution in [-0.4, -0.2) is 22.8 Å². The van der Waals surface area contributed by atoms with Crippen LogP contribution < -0.4 is 0 Å². The molecule has 1 aliphatic carbocycles. The summed E-state index contributed by atoms with van der Waals surface area (Å²) in [5, 5.41) is 0.674. The number of aromatic nitrogens is 2. The number of ether oxygens (including phenoxy) is 1. The molecule has 0 radical (unpaired) electrons. The molecule has 0 N–H and O–H groups in total. The zero-order valence-electron chi connectivity index (χ0n) is 11.9. The third-order valence-electron chi connectivity index (χ3n) is 4.59. The van der Waals surface area contributed by atoms with E-state index in [1.165, 1.54) is 0 Å². The van der Waals surface area contributed by atoms with Gasteiger partial charge in [0.2, 0.25) is 0 Å². The lowest BCUT2D eigenvalue weighted by molar-refractivity contribution is -0.112. The molecule has 1 aromatic carbocycles. The molecule has 2 unspecified atom stereocenters. The van der Waals surface area contributed by atoms with Crippen molar-refractivity contribution >= 4 is 34.2 Å². The number of rotatable bonds is 3. The summed E-state index contributed by atoms with van der Waals surface area (Å²) in [7, 11) is 1.77. The van der Waals surface area contributed by atoms with Crippen LogP contribution in [0.25, 0.3) is 11.0 Å². The summed E-state index contributed by atoms with van der Waals surface area (Å²) in [6.07, 6.45) is 1.25. The highest BCUT2D eigenvalue weighted by molar-refractivity contribution is 6.35. The van der Waals surface area contributed by atoms with Gasteiger partial charge in [-0.05, 0) is 18.6 Å². The van der Waals surface area contributed by atoms with E-state index in [9.17, 15) is 0 Å². The van der Waals surface area contributed by atoms with Crippen LogP contribution in [0.5, 0.6) is 0 Å². The number of para-hydroxylation sites is 1. The first-order valence-corrected chi connectivity index (χ1v) is 7.66. The average molecular weight is 313 g/mol. The van der Waals surface area contributed by atoms with Gasteiger partial charge >= 0.3 is 0 Å². The van der Waals surface area contributed by atoms with Gasteiger partial charge in [0.1, 0.15) is 11.3 Å². The number of imidazole rings is 1. The number of methoxy groups -OCH3 is 1. The Bertz CT molecular complexity index is 651. The van der Waals surface area contributed by atoms with Gasteiger partial charge in [0.05, 0.1) is 22.5 Å². The zero-order valence-corrected chi connectivity index (χ0v) is 13.4. The van der Waals surface area contributed by atoms with Crippen molar-refractivity contribution in [3.05, 3.63) is 29.0 Å². The number of benzene rings is 1. The number of alkyl halides is 1. The first-order valence-electron chi connectivity index (χ1n) is 6.74. The first-order chi connectivity index (χ1) is 9.50. The summed E-state index contributed by atoms with van der Waals surface area (Å²) in [5.41, 5.74) is 1.95. The van der Waals surface area contributed by atoms with Crippen LogP contribution in [0.3, 0.4) is 0 Å². The normalized spacial score (nSPS) is 24.9. The topological polar surface area (TPSA) is 27.1 Å². The molecule has 108 valence electrons. The highest BCUT2D eigenvalue weighted by Gasteiger charge is 2.50. The van der Waals surface area contributed by atoms with E-state index in [4.69, 9.17) is 27.9 Å². The largest absolute Gasteiger partial charge is 0.381 e. The van der Waals surface area contributed by atoms with Gasteiger partial charge in [0, 0.05) is 18.6 Å². The van der Waals surface area contributed by atoms with E-state index in [0.29, 0.717) is 16.9 Å². The van der Waals surface area contributed by atoms with Crippen molar-refractivity contribution in [1.29, 1.82) is 0 Å². The van der Waals surface area contributed by atoms with Crippen molar-refractivity contribution < 1.29 is 4.74 Å². The fraction of sp³-hybridized carbons (Fsp3) is 0.533. The van der Waals surface area contributed by atoms with Gasteiger partial charge in [-0.2, -0.15) is 0 Å². The Kier molecular flexibility index (Phi) is 3.47. The molecule has 0 amide bonds. The molecular weight excluding hydrogens is 295 g/mol. The van der Waals surface area contributed by atoms with E-state index in [-0.39, 0.29) is 11.5 Å². The molecule has 2 aromatic rings. The van der Waals surface area contributed by atoms with Crippen molar-refractivity contribution in [2.45, 2.75) is 38.3 Å². The van der Waals surface area contributed by atoms with Crippen LogP contribution in [0.4, 0.5) is 0 Å². The van der Waals surface area contributed by atoms with E-state index >= 15 is 0 Å². The van der Waals surface area contributed by atoms with Gasteiger partial charge in [-0.25, -0.2) is 4.98 Å². The molecule has 1 aliphatic rings. The highest BCUT2D eigenvalue weighted by atomic mass is 35.5. The number of hydrogen-bond donors (Lipinski definition) is 0. The SMILES string of the molecule is COC1CC(n2c(CCl)nc3c(Cl)cccc32)C1(C)C. The Balaban J connectivity index is 2.14. The number of nitrogens with zero attached hydrogens (tertiary/aromatic N) is 2. The molecule has 0 aliphatic heterocycles. The molecule has 1 heterocycles. The summed E-state index contributed by atoms with van der Waals surface area (Å²) in [4.78, 5) is 4.61. The minimum atomic E-state index is 0.0610. The van der Waals surface area contributed by atoms with Crippen molar-refractivity contribution in [2.75, 3.05) is 7.11 Å². The van der Waals surface area contributed by atoms with Gasteiger partial charge < -0.3 is 9.30 Å². The maximum Gasteiger partial charge on any atom is 0.125 e. The quantitative estimate of drug-likeness (QED) is 0.785. The number of halogens is 2. The van der Waals surface area contributed by atoms with Gasteiger partial charge in [-0.1, -0.05) is 31.5 Å². The maximum atomic E-state index is 6.25. The summed E-state index contributed by atoms with van der Waals surface area (Å²) in [6.45, 7) is 4.45. The zero-order chi connectivity index (χ0) is 14.5. The second kappa shape index (κ2) is 4.90. The minimum absolute atomic E-state index is 0.0610. The van der Waals surface area contributed by atoms with Gasteiger partial charge in [0.25, 0.3) is 0 Å². The molecule has 0 spiro atoms. The number of hydrogen-bond acceptors (Lipinski definition) is 2. The van der Waals surface area contributed by atoms with E-state index in [1.54, 1.807) is 7.11 Å². The molecule has 3 rings (SSSR count). The van der Waals surface area contributed by atoms with Crippen LogP contribution in [0.15, 0.2) is 18.2 Å². The highest BCUT2D eigenvalue weighted by Crippen LogP contribution is 2.52. The van der Waals surface area contributed by atoms with Gasteiger partial charge in [-0.3, -0.25) is 0 Å². The lowest BCUT2D eigenvalue weighted by Gasteiger charge is -2.52. The van der Waals surface area contributed by atoms with Gasteiger partial charge in [0.15, 0.2) is 0 Å². The van der Waals surface area contributed by atoms with Crippen LogP contribution in [0.2, 0.25) is 5.02 Å². The summed E-state index contributed by atoms with van der Waals surface area (Å²) in [6, 6.07) is 6.22. The molecule has 0 saturated heterocycles. The Morgan fingerprint density at radius 2 is 2.20 bits per heavy atom.